The number of alkyl halides is 3. The standard InChI is InChI=1S/C25H29F3N2O6.C2H6/c1-24(2,3)36-23(34)30-19(13-16-7-11-18(31)12-8-16)21(32)29-20(22(33)35-4)14-15-5-9-17(10-6-15)25(26,27)28;1-2/h5-12,19-20,31H,13-14H2,1-4H3,(H,29,32)(H,30,34);1-2H3/t19?,20-;/m0./s1. The summed E-state index contributed by atoms with van der Waals surface area (Å²) in [5, 5.41) is 14.5. The third kappa shape index (κ3) is 11.1. The summed E-state index contributed by atoms with van der Waals surface area (Å²) in [5.74, 6) is -1.54. The highest BCUT2D eigenvalue weighted by Crippen LogP contribution is 2.29. The van der Waals surface area contributed by atoms with E-state index in [9.17, 15) is 32.7 Å². The summed E-state index contributed by atoms with van der Waals surface area (Å²) >= 11 is 0. The monoisotopic (exact) mass is 540 g/mol. The van der Waals surface area contributed by atoms with Gasteiger partial charge in [-0.15, -0.1) is 0 Å². The second kappa shape index (κ2) is 14.3. The molecule has 3 N–H and O–H groups in total. The molecule has 38 heavy (non-hydrogen) atoms. The molecule has 11 heteroatoms. The zero-order valence-electron chi connectivity index (χ0n) is 22.3. The fraction of sp³-hybridized carbons (Fsp3) is 0.444. The Balaban J connectivity index is 0.00000352. The van der Waals surface area contributed by atoms with Gasteiger partial charge in [0.1, 0.15) is 23.4 Å². The SMILES string of the molecule is CC.COC(=O)[C@H](Cc1ccc(C(F)(F)F)cc1)NC(=O)C(Cc1ccc(O)cc1)NC(=O)OC(C)(C)C. The Morgan fingerprint density at radius 2 is 1.32 bits per heavy atom. The van der Waals surface area contributed by atoms with Gasteiger partial charge >= 0.3 is 18.2 Å². The molecule has 0 aliphatic carbocycles. The molecule has 1 unspecified atom stereocenters. The predicted octanol–water partition coefficient (Wildman–Crippen LogP) is 4.77. The number of aromatic hydroxyl groups is 1. The van der Waals surface area contributed by atoms with Gasteiger partial charge in [-0.05, 0) is 56.2 Å². The van der Waals surface area contributed by atoms with Gasteiger partial charge in [0, 0.05) is 12.8 Å². The first-order valence-corrected chi connectivity index (χ1v) is 12.0. The maximum Gasteiger partial charge on any atom is 0.416 e. The van der Waals surface area contributed by atoms with Crippen LogP contribution >= 0.6 is 0 Å². The molecule has 0 radical (unpaired) electrons. The molecule has 0 aromatic heterocycles. The number of hydrogen-bond donors (Lipinski definition) is 3. The Kier molecular flexibility index (Phi) is 12.1. The van der Waals surface area contributed by atoms with Crippen molar-refractivity contribution in [1.29, 1.82) is 0 Å². The van der Waals surface area contributed by atoms with E-state index in [0.29, 0.717) is 11.1 Å². The lowest BCUT2D eigenvalue weighted by Gasteiger charge is -2.25. The van der Waals surface area contributed by atoms with Crippen LogP contribution < -0.4 is 10.6 Å². The number of carbonyl (C=O) groups is 3. The largest absolute Gasteiger partial charge is 0.508 e. The van der Waals surface area contributed by atoms with Gasteiger partial charge < -0.3 is 25.2 Å². The number of phenols is 1. The van der Waals surface area contributed by atoms with E-state index in [1.54, 1.807) is 32.9 Å². The molecule has 0 bridgehead atoms. The molecule has 2 rings (SSSR count). The van der Waals surface area contributed by atoms with Gasteiger partial charge in [0.15, 0.2) is 0 Å². The van der Waals surface area contributed by atoms with Crippen molar-refractivity contribution in [2.45, 2.75) is 71.3 Å². The number of rotatable bonds is 8. The second-order valence-electron chi connectivity index (χ2n) is 9.05. The maximum absolute atomic E-state index is 13.1. The van der Waals surface area contributed by atoms with E-state index in [1.165, 1.54) is 24.3 Å². The quantitative estimate of drug-likeness (QED) is 0.416. The summed E-state index contributed by atoms with van der Waals surface area (Å²) in [7, 11) is 1.11. The van der Waals surface area contributed by atoms with Crippen LogP contribution in [0.1, 0.15) is 51.3 Å². The number of benzene rings is 2. The number of halogens is 3. The van der Waals surface area contributed by atoms with Crippen molar-refractivity contribution in [2.75, 3.05) is 7.11 Å². The minimum absolute atomic E-state index is 0.000468. The minimum atomic E-state index is -4.51. The lowest BCUT2D eigenvalue weighted by Crippen LogP contribution is -2.53. The Morgan fingerprint density at radius 1 is 0.842 bits per heavy atom. The summed E-state index contributed by atoms with van der Waals surface area (Å²) in [4.78, 5) is 37.8. The molecule has 0 heterocycles. The number of hydrogen-bond acceptors (Lipinski definition) is 6. The highest BCUT2D eigenvalue weighted by molar-refractivity contribution is 5.90. The van der Waals surface area contributed by atoms with Crippen LogP contribution in [0, 0.1) is 0 Å². The number of amides is 2. The third-order valence-corrected chi connectivity index (χ3v) is 4.91. The van der Waals surface area contributed by atoms with Crippen LogP contribution in [0.4, 0.5) is 18.0 Å². The number of phenolic OH excluding ortho intramolecular Hbond substituents is 1. The third-order valence-electron chi connectivity index (χ3n) is 4.91. The molecule has 2 aromatic rings. The molecular formula is C27H35F3N2O6. The highest BCUT2D eigenvalue weighted by Gasteiger charge is 2.31. The van der Waals surface area contributed by atoms with Gasteiger partial charge in [-0.25, -0.2) is 9.59 Å². The van der Waals surface area contributed by atoms with Gasteiger partial charge in [0.05, 0.1) is 12.7 Å². The summed E-state index contributed by atoms with van der Waals surface area (Å²) in [6, 6.07) is 7.71. The van der Waals surface area contributed by atoms with Gasteiger partial charge in [0.2, 0.25) is 5.91 Å². The van der Waals surface area contributed by atoms with Crippen LogP contribution in [-0.4, -0.2) is 47.9 Å². The van der Waals surface area contributed by atoms with Crippen molar-refractivity contribution in [2.24, 2.45) is 0 Å². The molecule has 210 valence electrons. The number of carbonyl (C=O) groups excluding carboxylic acids is 3. The molecule has 0 spiro atoms. The summed E-state index contributed by atoms with van der Waals surface area (Å²) in [6.45, 7) is 8.96. The molecule has 0 fully saturated rings. The number of alkyl carbamates (subject to hydrolysis) is 1. The van der Waals surface area contributed by atoms with E-state index in [-0.39, 0.29) is 18.6 Å². The number of methoxy groups -OCH3 is 1. The van der Waals surface area contributed by atoms with E-state index >= 15 is 0 Å². The lowest BCUT2D eigenvalue weighted by atomic mass is 10.0. The van der Waals surface area contributed by atoms with Gasteiger partial charge in [-0.2, -0.15) is 13.2 Å². The average molecular weight is 541 g/mol. The van der Waals surface area contributed by atoms with E-state index < -0.39 is 47.4 Å². The van der Waals surface area contributed by atoms with Crippen molar-refractivity contribution in [1.82, 2.24) is 10.6 Å². The summed E-state index contributed by atoms with van der Waals surface area (Å²) in [6.07, 6.45) is -5.52. The fourth-order valence-electron chi connectivity index (χ4n) is 3.20. The number of nitrogens with one attached hydrogen (secondary N) is 2. The smallest absolute Gasteiger partial charge is 0.416 e. The molecule has 0 saturated carbocycles. The van der Waals surface area contributed by atoms with E-state index in [4.69, 9.17) is 9.47 Å². The zero-order chi connectivity index (χ0) is 29.1. The van der Waals surface area contributed by atoms with E-state index in [2.05, 4.69) is 10.6 Å². The zero-order valence-corrected chi connectivity index (χ0v) is 22.3. The van der Waals surface area contributed by atoms with Crippen LogP contribution in [0.15, 0.2) is 48.5 Å². The first kappa shape index (κ1) is 32.3. The Labute approximate surface area is 220 Å². The predicted molar refractivity (Wildman–Crippen MR) is 135 cm³/mol. The fourth-order valence-corrected chi connectivity index (χ4v) is 3.20. The molecular weight excluding hydrogens is 505 g/mol. The maximum atomic E-state index is 13.1. The average Bonchev–Trinajstić information content (AvgIpc) is 2.84. The van der Waals surface area contributed by atoms with Crippen LogP contribution in [-0.2, 0) is 38.1 Å². The van der Waals surface area contributed by atoms with Crippen molar-refractivity contribution in [3.8, 4) is 5.75 Å². The molecule has 2 aromatic carbocycles. The van der Waals surface area contributed by atoms with Crippen molar-refractivity contribution in [3.05, 3.63) is 65.2 Å². The van der Waals surface area contributed by atoms with Crippen LogP contribution in [0.25, 0.3) is 0 Å². The van der Waals surface area contributed by atoms with Gasteiger partial charge in [-0.3, -0.25) is 4.79 Å². The normalized spacial score (nSPS) is 12.8. The minimum Gasteiger partial charge on any atom is -0.508 e. The first-order valence-electron chi connectivity index (χ1n) is 12.0. The highest BCUT2D eigenvalue weighted by atomic mass is 19.4. The molecule has 0 saturated heterocycles. The Hall–Kier alpha value is -3.76. The van der Waals surface area contributed by atoms with E-state index in [0.717, 1.165) is 19.2 Å². The van der Waals surface area contributed by atoms with Crippen molar-refractivity contribution < 1.29 is 42.1 Å². The van der Waals surface area contributed by atoms with Gasteiger partial charge in [-0.1, -0.05) is 38.1 Å². The van der Waals surface area contributed by atoms with Crippen molar-refractivity contribution in [3.63, 3.8) is 0 Å². The molecule has 8 nitrogen and oxygen atoms in total. The second-order valence-corrected chi connectivity index (χ2v) is 9.05. The number of esters is 1. The topological polar surface area (TPSA) is 114 Å². The first-order chi connectivity index (χ1) is 17.7. The Bertz CT molecular complexity index is 1050. The molecule has 0 aliphatic heterocycles. The number of ether oxygens (including phenoxy) is 2. The molecule has 0 aliphatic rings. The molecule has 2 amide bonds. The van der Waals surface area contributed by atoms with Crippen LogP contribution in [0.3, 0.4) is 0 Å². The lowest BCUT2D eigenvalue weighted by molar-refractivity contribution is -0.145. The van der Waals surface area contributed by atoms with Crippen molar-refractivity contribution >= 4 is 18.0 Å². The van der Waals surface area contributed by atoms with Gasteiger partial charge in [0.25, 0.3) is 0 Å². The van der Waals surface area contributed by atoms with Crippen LogP contribution in [0.5, 0.6) is 5.75 Å². The Morgan fingerprint density at radius 3 is 1.76 bits per heavy atom. The van der Waals surface area contributed by atoms with E-state index in [1.807, 2.05) is 13.8 Å². The van der Waals surface area contributed by atoms with Crippen LogP contribution in [0.2, 0.25) is 0 Å². The molecule has 2 atom stereocenters. The summed E-state index contributed by atoms with van der Waals surface area (Å²) < 4.78 is 48.5. The summed E-state index contributed by atoms with van der Waals surface area (Å²) in [5.41, 5.74) is -0.725.